The second-order valence-electron chi connectivity index (χ2n) is 10.3. The molecule has 0 aliphatic carbocycles. The standard InChI is InChI=1S/C18H36N8O4.C7H8.C5H8N2S.2C2H6/c1-12(27)10-24-17(30)14(6-3-4-8-19)26-15(28)11-25-16(29)13(22-2)7-5-9-23-18(20)21;1-7-5-3-2-4-6-7;1-4-3-6-5(8)7(4)2;2*1-2/h13-14,22H,3-11,19H2,1-2H3,(H,24,30)(H,25,29)(H,26,28)(H4,20,21,23);2-6H,1H3;3H,1-2H3,(H,6,8);2*1-2H3. The summed E-state index contributed by atoms with van der Waals surface area (Å²) in [5.41, 5.74) is 18.5. The van der Waals surface area contributed by atoms with E-state index >= 15 is 0 Å². The molecule has 2 rings (SSSR count). The number of aryl methyl sites for hydroxylation is 2. The van der Waals surface area contributed by atoms with Gasteiger partial charge in [0.2, 0.25) is 17.7 Å². The van der Waals surface area contributed by atoms with E-state index in [0.29, 0.717) is 45.2 Å². The van der Waals surface area contributed by atoms with Gasteiger partial charge in [0.05, 0.1) is 19.1 Å². The Morgan fingerprint density at radius 3 is 1.86 bits per heavy atom. The highest BCUT2D eigenvalue weighted by atomic mass is 32.1. The van der Waals surface area contributed by atoms with Crippen LogP contribution in [0.4, 0.5) is 0 Å². The summed E-state index contributed by atoms with van der Waals surface area (Å²) in [6.45, 7) is 13.9. The lowest BCUT2D eigenvalue weighted by molar-refractivity contribution is -0.131. The van der Waals surface area contributed by atoms with Crippen LogP contribution in [-0.2, 0) is 26.2 Å². The van der Waals surface area contributed by atoms with Gasteiger partial charge in [-0.15, -0.1) is 0 Å². The van der Waals surface area contributed by atoms with Crippen LogP contribution in [0, 0.1) is 18.6 Å². The summed E-state index contributed by atoms with van der Waals surface area (Å²) < 4.78 is 2.71. The number of amides is 3. The Morgan fingerprint density at radius 2 is 1.45 bits per heavy atom. The maximum Gasteiger partial charge on any atom is 0.242 e. The third-order valence-electron chi connectivity index (χ3n) is 6.32. The van der Waals surface area contributed by atoms with Crippen LogP contribution in [0.5, 0.6) is 0 Å². The van der Waals surface area contributed by atoms with E-state index < -0.39 is 23.9 Å². The van der Waals surface area contributed by atoms with Gasteiger partial charge in [-0.3, -0.25) is 24.2 Å². The molecule has 0 spiro atoms. The number of aromatic nitrogens is 2. The number of hydrogen-bond acceptors (Lipinski definition) is 8. The number of Topliss-reactive ketones (excluding diaryl/α,β-unsaturated/α-hetero) is 1. The molecule has 15 heteroatoms. The Kier molecular flexibility index (Phi) is 32.7. The zero-order chi connectivity index (χ0) is 38.2. The van der Waals surface area contributed by atoms with Crippen molar-refractivity contribution in [2.75, 3.05) is 33.2 Å². The quantitative estimate of drug-likeness (QED) is 0.0554. The summed E-state index contributed by atoms with van der Waals surface area (Å²) in [4.78, 5) is 54.5. The Hall–Kier alpha value is -4.08. The molecule has 1 heterocycles. The molecule has 3 amide bonds. The molecular weight excluding hydrogens is 645 g/mol. The summed E-state index contributed by atoms with van der Waals surface area (Å²) in [6.07, 6.45) is 4.68. The van der Waals surface area contributed by atoms with Gasteiger partial charge in [-0.05, 0) is 78.7 Å². The van der Waals surface area contributed by atoms with E-state index in [-0.39, 0.29) is 30.7 Å². The Labute approximate surface area is 298 Å². The smallest absolute Gasteiger partial charge is 0.242 e. The molecular formula is C34H64N10O4S. The van der Waals surface area contributed by atoms with Gasteiger partial charge in [-0.2, -0.15) is 0 Å². The van der Waals surface area contributed by atoms with Crippen molar-refractivity contribution < 1.29 is 19.2 Å². The minimum absolute atomic E-state index is 0.00881. The number of nitrogens with two attached hydrogens (primary N) is 3. The normalized spacial score (nSPS) is 10.7. The molecule has 49 heavy (non-hydrogen) atoms. The van der Waals surface area contributed by atoms with Crippen LogP contribution in [0.15, 0.2) is 41.5 Å². The SMILES string of the molecule is CC.CC.CNC(CCCN=C(N)N)C(=O)NCC(=O)NC(CCCCN)C(=O)NCC(C)=O.Cc1c[nH]c(=S)n1C.Cc1ccccc1. The first-order chi connectivity index (χ1) is 23.3. The molecule has 0 fully saturated rings. The highest BCUT2D eigenvalue weighted by Gasteiger charge is 2.22. The number of ketones is 1. The third kappa shape index (κ3) is 27.6. The number of carbonyl (C=O) groups excluding carboxylic acids is 4. The van der Waals surface area contributed by atoms with E-state index in [2.05, 4.69) is 50.3 Å². The topological polar surface area (TPSA) is 228 Å². The highest BCUT2D eigenvalue weighted by molar-refractivity contribution is 7.71. The van der Waals surface area contributed by atoms with E-state index in [1.807, 2.05) is 70.6 Å². The summed E-state index contributed by atoms with van der Waals surface area (Å²) in [5, 5.41) is 10.5. The van der Waals surface area contributed by atoms with E-state index in [4.69, 9.17) is 29.4 Å². The van der Waals surface area contributed by atoms with Crippen molar-refractivity contribution >= 4 is 41.7 Å². The number of nitrogens with zero attached hydrogens (tertiary/aromatic N) is 2. The number of unbranched alkanes of at least 4 members (excludes halogenated alkanes) is 1. The monoisotopic (exact) mass is 708 g/mol. The number of guanidine groups is 1. The molecule has 14 nitrogen and oxygen atoms in total. The maximum absolute atomic E-state index is 12.2. The first-order valence-corrected chi connectivity index (χ1v) is 17.2. The van der Waals surface area contributed by atoms with Gasteiger partial charge in [-0.25, -0.2) is 0 Å². The van der Waals surface area contributed by atoms with E-state index in [0.717, 1.165) is 10.5 Å². The van der Waals surface area contributed by atoms with Crippen molar-refractivity contribution in [3.63, 3.8) is 0 Å². The number of H-pyrrole nitrogens is 1. The van der Waals surface area contributed by atoms with Gasteiger partial charge in [0.15, 0.2) is 10.7 Å². The summed E-state index contributed by atoms with van der Waals surface area (Å²) in [5.74, 6) is -1.51. The summed E-state index contributed by atoms with van der Waals surface area (Å²) in [6, 6.07) is 8.95. The molecule has 0 bridgehead atoms. The van der Waals surface area contributed by atoms with Crippen LogP contribution in [-0.4, -0.2) is 84.3 Å². The van der Waals surface area contributed by atoms with Gasteiger partial charge >= 0.3 is 0 Å². The fraction of sp³-hybridized carbons (Fsp3) is 0.588. The average molecular weight is 709 g/mol. The fourth-order valence-electron chi connectivity index (χ4n) is 3.60. The predicted molar refractivity (Wildman–Crippen MR) is 204 cm³/mol. The van der Waals surface area contributed by atoms with Crippen LogP contribution in [0.2, 0.25) is 0 Å². The number of aromatic amines is 1. The first kappa shape index (κ1) is 49.3. The van der Waals surface area contributed by atoms with Crippen LogP contribution in [0.1, 0.15) is 78.0 Å². The molecule has 2 unspecified atom stereocenters. The van der Waals surface area contributed by atoms with Crippen molar-refractivity contribution in [1.82, 2.24) is 30.8 Å². The minimum Gasteiger partial charge on any atom is -0.370 e. The summed E-state index contributed by atoms with van der Waals surface area (Å²) >= 11 is 4.88. The molecule has 0 aliphatic heterocycles. The van der Waals surface area contributed by atoms with Crippen LogP contribution >= 0.6 is 12.2 Å². The van der Waals surface area contributed by atoms with Crippen molar-refractivity contribution in [2.24, 2.45) is 29.2 Å². The molecule has 1 aromatic carbocycles. The minimum atomic E-state index is -0.806. The average Bonchev–Trinajstić information content (AvgIpc) is 3.39. The number of nitrogens with one attached hydrogen (secondary N) is 5. The molecule has 0 saturated heterocycles. The van der Waals surface area contributed by atoms with Crippen molar-refractivity contribution in [3.05, 3.63) is 52.6 Å². The van der Waals surface area contributed by atoms with Crippen molar-refractivity contribution in [1.29, 1.82) is 0 Å². The number of imidazole rings is 1. The highest BCUT2D eigenvalue weighted by Crippen LogP contribution is 2.02. The van der Waals surface area contributed by atoms with Gasteiger partial charge in [0.1, 0.15) is 11.8 Å². The lowest BCUT2D eigenvalue weighted by atomic mass is 10.1. The van der Waals surface area contributed by atoms with Gasteiger partial charge in [-0.1, -0.05) is 63.6 Å². The maximum atomic E-state index is 12.2. The molecule has 0 saturated carbocycles. The zero-order valence-corrected chi connectivity index (χ0v) is 32.0. The van der Waals surface area contributed by atoms with E-state index in [9.17, 15) is 19.2 Å². The zero-order valence-electron chi connectivity index (χ0n) is 31.2. The molecule has 2 aromatic rings. The largest absolute Gasteiger partial charge is 0.370 e. The molecule has 11 N–H and O–H groups in total. The van der Waals surface area contributed by atoms with Gasteiger partial charge in [0, 0.05) is 25.5 Å². The number of carbonyl (C=O) groups is 4. The summed E-state index contributed by atoms with van der Waals surface area (Å²) in [7, 11) is 3.58. The van der Waals surface area contributed by atoms with Gasteiger partial charge < -0.3 is 48.0 Å². The number of hydrogen-bond donors (Lipinski definition) is 8. The number of likely N-dealkylation sites (N-methyl/N-ethyl adjacent to an activating group) is 1. The Morgan fingerprint density at radius 1 is 0.898 bits per heavy atom. The number of benzene rings is 1. The third-order valence-corrected chi connectivity index (χ3v) is 6.71. The van der Waals surface area contributed by atoms with Crippen molar-refractivity contribution in [2.45, 2.75) is 92.7 Å². The Balaban J connectivity index is -0.000000888. The molecule has 0 radical (unpaired) electrons. The lowest BCUT2D eigenvalue weighted by Crippen LogP contribution is -2.51. The fourth-order valence-corrected chi connectivity index (χ4v) is 3.80. The second kappa shape index (κ2) is 32.5. The number of aliphatic imine (C=N–C) groups is 1. The first-order valence-electron chi connectivity index (χ1n) is 16.8. The second-order valence-corrected chi connectivity index (χ2v) is 10.7. The van der Waals surface area contributed by atoms with Crippen LogP contribution in [0.25, 0.3) is 0 Å². The van der Waals surface area contributed by atoms with Crippen molar-refractivity contribution in [3.8, 4) is 0 Å². The molecule has 2 atom stereocenters. The van der Waals surface area contributed by atoms with E-state index in [1.54, 1.807) is 7.05 Å². The Bertz CT molecular complexity index is 1250. The van der Waals surface area contributed by atoms with Gasteiger partial charge in [0.25, 0.3) is 0 Å². The molecule has 1 aromatic heterocycles. The number of rotatable bonds is 16. The molecule has 280 valence electrons. The van der Waals surface area contributed by atoms with E-state index in [1.165, 1.54) is 12.5 Å². The van der Waals surface area contributed by atoms with Crippen LogP contribution in [0.3, 0.4) is 0 Å². The lowest BCUT2D eigenvalue weighted by Gasteiger charge is -2.19. The van der Waals surface area contributed by atoms with Crippen LogP contribution < -0.4 is 38.5 Å². The predicted octanol–water partition coefficient (Wildman–Crippen LogP) is 2.50. The molecule has 0 aliphatic rings.